The summed E-state index contributed by atoms with van der Waals surface area (Å²) in [5.41, 5.74) is 2.83. The lowest BCUT2D eigenvalue weighted by Crippen LogP contribution is -2.41. The molecule has 3 aromatic rings. The summed E-state index contributed by atoms with van der Waals surface area (Å²) < 4.78 is 1.63. The van der Waals surface area contributed by atoms with Crippen LogP contribution in [0.1, 0.15) is 74.6 Å². The van der Waals surface area contributed by atoms with Crippen molar-refractivity contribution < 1.29 is 19.8 Å². The highest BCUT2D eigenvalue weighted by Gasteiger charge is 2.27. The second kappa shape index (κ2) is 13.2. The zero-order valence-electron chi connectivity index (χ0n) is 24.7. The maximum atomic E-state index is 12.9. The molecule has 0 aliphatic carbocycles. The Morgan fingerprint density at radius 1 is 1.05 bits per heavy atom. The first-order valence-electron chi connectivity index (χ1n) is 14.5. The van der Waals surface area contributed by atoms with Crippen LogP contribution in [-0.4, -0.2) is 79.8 Å². The second-order valence-electron chi connectivity index (χ2n) is 11.1. The zero-order valence-corrected chi connectivity index (χ0v) is 24.7. The average molecular weight is 563 g/mol. The van der Waals surface area contributed by atoms with Crippen LogP contribution >= 0.6 is 0 Å². The van der Waals surface area contributed by atoms with E-state index in [2.05, 4.69) is 27.3 Å². The molecule has 0 saturated carbocycles. The summed E-state index contributed by atoms with van der Waals surface area (Å²) in [5.74, 6) is 0.241. The highest BCUT2D eigenvalue weighted by molar-refractivity contribution is 5.92. The molecular formula is C31H42N6O4. The summed E-state index contributed by atoms with van der Waals surface area (Å²) in [4.78, 5) is 29.8. The van der Waals surface area contributed by atoms with Gasteiger partial charge in [-0.15, -0.1) is 10.2 Å². The molecule has 3 N–H and O–H groups in total. The number of carbonyl (C=O) groups is 2. The highest BCUT2D eigenvalue weighted by Crippen LogP contribution is 2.38. The van der Waals surface area contributed by atoms with E-state index in [1.807, 2.05) is 57.0 Å². The van der Waals surface area contributed by atoms with Crippen LogP contribution in [0.2, 0.25) is 0 Å². The Kier molecular flexibility index (Phi) is 9.65. The molecule has 1 aliphatic heterocycles. The van der Waals surface area contributed by atoms with Gasteiger partial charge in [0.15, 0.2) is 5.82 Å². The maximum absolute atomic E-state index is 12.9. The topological polar surface area (TPSA) is 124 Å². The zero-order chi connectivity index (χ0) is 29.7. The molecule has 41 heavy (non-hydrogen) atoms. The standard InChI is InChI=1S/C31H42N6O4/c1-6-14-35(5)31(41)22-12-15-36(16-13-22)19-21-8-10-23(11-9-21)37-28(33-34-29(37)30(40)32-7-2)25-17-24(20(3)4)26(38)18-27(25)39/h8-11,17-18,20,22,38-39H,6-7,12-16,19H2,1-5H3,(H,32,40). The van der Waals surface area contributed by atoms with Crippen LogP contribution in [0.15, 0.2) is 36.4 Å². The lowest BCUT2D eigenvalue weighted by atomic mass is 9.95. The number of rotatable bonds is 10. The first kappa shape index (κ1) is 30.0. The number of phenols is 2. The Balaban J connectivity index is 1.57. The van der Waals surface area contributed by atoms with E-state index < -0.39 is 0 Å². The van der Waals surface area contributed by atoms with Gasteiger partial charge >= 0.3 is 0 Å². The molecule has 0 bridgehead atoms. The van der Waals surface area contributed by atoms with Gasteiger partial charge in [-0.1, -0.05) is 32.9 Å². The van der Waals surface area contributed by atoms with Crippen LogP contribution in [0.25, 0.3) is 17.1 Å². The number of aromatic hydroxyl groups is 2. The van der Waals surface area contributed by atoms with Crippen molar-refractivity contribution in [2.24, 2.45) is 5.92 Å². The lowest BCUT2D eigenvalue weighted by molar-refractivity contribution is -0.135. The number of nitrogens with one attached hydrogen (secondary N) is 1. The van der Waals surface area contributed by atoms with Gasteiger partial charge in [-0.05, 0) is 74.5 Å². The quantitative estimate of drug-likeness (QED) is 0.337. The minimum absolute atomic E-state index is 0.00185. The molecule has 0 atom stereocenters. The number of nitrogens with zero attached hydrogens (tertiary/aromatic N) is 5. The summed E-state index contributed by atoms with van der Waals surface area (Å²) in [6.07, 6.45) is 2.69. The molecular weight excluding hydrogens is 520 g/mol. The molecule has 0 radical (unpaired) electrons. The smallest absolute Gasteiger partial charge is 0.289 e. The van der Waals surface area contributed by atoms with E-state index in [-0.39, 0.29) is 41.0 Å². The molecule has 1 fully saturated rings. The van der Waals surface area contributed by atoms with Gasteiger partial charge in [-0.25, -0.2) is 0 Å². The summed E-state index contributed by atoms with van der Waals surface area (Å²) in [6.45, 7) is 11.5. The lowest BCUT2D eigenvalue weighted by Gasteiger charge is -2.33. The maximum Gasteiger partial charge on any atom is 0.289 e. The first-order chi connectivity index (χ1) is 19.6. The van der Waals surface area contributed by atoms with E-state index in [1.165, 1.54) is 6.07 Å². The first-order valence-corrected chi connectivity index (χ1v) is 14.5. The molecule has 2 amide bonds. The fourth-order valence-electron chi connectivity index (χ4n) is 5.43. The summed E-state index contributed by atoms with van der Waals surface area (Å²) >= 11 is 0. The summed E-state index contributed by atoms with van der Waals surface area (Å²) in [7, 11) is 1.89. The molecule has 4 rings (SSSR count). The van der Waals surface area contributed by atoms with Gasteiger partial charge in [0.2, 0.25) is 11.7 Å². The van der Waals surface area contributed by atoms with Crippen molar-refractivity contribution in [3.63, 3.8) is 0 Å². The van der Waals surface area contributed by atoms with Crippen LogP contribution in [-0.2, 0) is 11.3 Å². The number of aromatic nitrogens is 3. The summed E-state index contributed by atoms with van der Waals surface area (Å²) in [5, 5.41) is 32.3. The van der Waals surface area contributed by atoms with Crippen LogP contribution in [0, 0.1) is 5.92 Å². The third-order valence-corrected chi connectivity index (χ3v) is 7.68. The second-order valence-corrected chi connectivity index (χ2v) is 11.1. The fraction of sp³-hybridized carbons (Fsp3) is 0.484. The Hall–Kier alpha value is -3.92. The fourth-order valence-corrected chi connectivity index (χ4v) is 5.43. The molecule has 1 saturated heterocycles. The van der Waals surface area contributed by atoms with Gasteiger partial charge in [0.05, 0.1) is 5.56 Å². The molecule has 2 heterocycles. The number of amides is 2. The van der Waals surface area contributed by atoms with Crippen LogP contribution < -0.4 is 5.32 Å². The Labute approximate surface area is 242 Å². The molecule has 1 aromatic heterocycles. The largest absolute Gasteiger partial charge is 0.508 e. The van der Waals surface area contributed by atoms with Crippen molar-refractivity contribution in [3.8, 4) is 28.6 Å². The molecule has 2 aromatic carbocycles. The SMILES string of the molecule is CCCN(C)C(=O)C1CCN(Cc2ccc(-n3c(C(=O)NCC)nnc3-c3cc(C(C)C)c(O)cc3O)cc2)CC1. The van der Waals surface area contributed by atoms with Gasteiger partial charge in [0.25, 0.3) is 5.91 Å². The number of hydrogen-bond donors (Lipinski definition) is 3. The number of hydrogen-bond acceptors (Lipinski definition) is 7. The van der Waals surface area contributed by atoms with E-state index >= 15 is 0 Å². The predicted molar refractivity (Wildman–Crippen MR) is 158 cm³/mol. The van der Waals surface area contributed by atoms with Gasteiger partial charge in [-0.2, -0.15) is 0 Å². The summed E-state index contributed by atoms with van der Waals surface area (Å²) in [6, 6.07) is 10.9. The Morgan fingerprint density at radius 2 is 1.73 bits per heavy atom. The Morgan fingerprint density at radius 3 is 2.34 bits per heavy atom. The number of phenolic OH excluding ortho intramolecular Hbond substituents is 2. The van der Waals surface area contributed by atoms with Gasteiger partial charge in [-0.3, -0.25) is 19.1 Å². The van der Waals surface area contributed by atoms with E-state index in [1.54, 1.807) is 10.6 Å². The normalized spacial score (nSPS) is 14.4. The number of carbonyl (C=O) groups excluding carboxylic acids is 2. The van der Waals surface area contributed by atoms with Gasteiger partial charge in [0.1, 0.15) is 11.5 Å². The van der Waals surface area contributed by atoms with Gasteiger partial charge in [0, 0.05) is 44.4 Å². The number of likely N-dealkylation sites (tertiary alicyclic amines) is 1. The van der Waals surface area contributed by atoms with Crippen molar-refractivity contribution in [1.82, 2.24) is 29.9 Å². The highest BCUT2D eigenvalue weighted by atomic mass is 16.3. The molecule has 220 valence electrons. The molecule has 0 unspecified atom stereocenters. The molecule has 0 spiro atoms. The minimum Gasteiger partial charge on any atom is -0.508 e. The Bertz CT molecular complexity index is 1360. The molecule has 1 aliphatic rings. The van der Waals surface area contributed by atoms with Crippen molar-refractivity contribution in [2.45, 2.75) is 59.4 Å². The van der Waals surface area contributed by atoms with E-state index in [9.17, 15) is 19.8 Å². The molecule has 10 heteroatoms. The van der Waals surface area contributed by atoms with Crippen molar-refractivity contribution in [3.05, 3.63) is 53.3 Å². The van der Waals surface area contributed by atoms with Crippen molar-refractivity contribution in [2.75, 3.05) is 33.2 Å². The van der Waals surface area contributed by atoms with E-state index in [4.69, 9.17) is 0 Å². The van der Waals surface area contributed by atoms with Crippen molar-refractivity contribution in [1.29, 1.82) is 0 Å². The number of piperidine rings is 1. The third-order valence-electron chi connectivity index (χ3n) is 7.68. The van der Waals surface area contributed by atoms with Crippen LogP contribution in [0.4, 0.5) is 0 Å². The van der Waals surface area contributed by atoms with E-state index in [0.717, 1.165) is 51.0 Å². The molecule has 10 nitrogen and oxygen atoms in total. The average Bonchev–Trinajstić information content (AvgIpc) is 3.38. The minimum atomic E-state index is -0.375. The van der Waals surface area contributed by atoms with E-state index in [0.29, 0.717) is 29.2 Å². The van der Waals surface area contributed by atoms with Gasteiger partial charge < -0.3 is 20.4 Å². The van der Waals surface area contributed by atoms with Crippen molar-refractivity contribution >= 4 is 11.8 Å². The third kappa shape index (κ3) is 6.70. The number of benzene rings is 2. The van der Waals surface area contributed by atoms with Crippen LogP contribution in [0.5, 0.6) is 11.5 Å². The predicted octanol–water partition coefficient (Wildman–Crippen LogP) is 4.30. The van der Waals surface area contributed by atoms with Crippen LogP contribution in [0.3, 0.4) is 0 Å². The monoisotopic (exact) mass is 562 g/mol.